The van der Waals surface area contributed by atoms with Gasteiger partial charge in [0.15, 0.2) is 0 Å². The van der Waals surface area contributed by atoms with Gasteiger partial charge in [-0.1, -0.05) is 31.4 Å². The van der Waals surface area contributed by atoms with Gasteiger partial charge in [-0.15, -0.1) is 0 Å². The minimum Gasteiger partial charge on any atom is -0.317 e. The summed E-state index contributed by atoms with van der Waals surface area (Å²) in [4.78, 5) is 0. The lowest BCUT2D eigenvalue weighted by Gasteiger charge is -2.34. The number of benzene rings is 1. The van der Waals surface area contributed by atoms with E-state index in [0.717, 1.165) is 38.1 Å². The van der Waals surface area contributed by atoms with Gasteiger partial charge in [-0.3, -0.25) is 4.31 Å². The van der Waals surface area contributed by atoms with Gasteiger partial charge >= 0.3 is 0 Å². The lowest BCUT2D eigenvalue weighted by Crippen LogP contribution is -2.37. The molecule has 2 saturated carbocycles. The van der Waals surface area contributed by atoms with Gasteiger partial charge in [0.1, 0.15) is 11.0 Å². The molecule has 1 aromatic carbocycles. The molecule has 2 N–H and O–H groups in total. The van der Waals surface area contributed by atoms with Crippen molar-refractivity contribution in [2.45, 2.75) is 81.4 Å². The molecule has 5 heteroatoms. The predicted octanol–water partition coefficient (Wildman–Crippen LogP) is 3.88. The fourth-order valence-corrected chi connectivity index (χ4v) is 7.42. The van der Waals surface area contributed by atoms with E-state index in [4.69, 9.17) is 0 Å². The molecule has 3 fully saturated rings. The van der Waals surface area contributed by atoms with Gasteiger partial charge < -0.3 is 10.6 Å². The molecule has 29 heavy (non-hydrogen) atoms. The van der Waals surface area contributed by atoms with Crippen molar-refractivity contribution in [3.05, 3.63) is 29.3 Å². The molecule has 0 bridgehead atoms. The van der Waals surface area contributed by atoms with Crippen LogP contribution in [0.2, 0.25) is 0 Å². The van der Waals surface area contributed by atoms with Gasteiger partial charge in [0.25, 0.3) is 0 Å². The number of hydrogen-bond acceptors (Lipinski definition) is 3. The maximum absolute atomic E-state index is 13.3. The zero-order valence-corrected chi connectivity index (χ0v) is 18.5. The number of hydrogen-bond donors (Lipinski definition) is 2. The summed E-state index contributed by atoms with van der Waals surface area (Å²) in [5, 5.41) is 7.67. The van der Waals surface area contributed by atoms with Crippen LogP contribution in [0.25, 0.3) is 0 Å². The highest BCUT2D eigenvalue weighted by Gasteiger charge is 2.39. The van der Waals surface area contributed by atoms with Crippen LogP contribution in [-0.4, -0.2) is 41.7 Å². The highest BCUT2D eigenvalue weighted by molar-refractivity contribution is 7.87. The summed E-state index contributed by atoms with van der Waals surface area (Å²) in [5.74, 6) is 1.53. The number of aryl methyl sites for hydroxylation is 1. The first-order chi connectivity index (χ1) is 14.3. The Bertz CT molecular complexity index is 727. The second-order valence-corrected chi connectivity index (χ2v) is 11.3. The van der Waals surface area contributed by atoms with Gasteiger partial charge in [-0.05, 0) is 87.7 Å². The Morgan fingerprint density at radius 2 is 1.90 bits per heavy atom. The summed E-state index contributed by atoms with van der Waals surface area (Å²) in [7, 11) is -0.853. The van der Waals surface area contributed by atoms with Crippen molar-refractivity contribution in [3.63, 3.8) is 0 Å². The highest BCUT2D eigenvalue weighted by Crippen LogP contribution is 2.43. The summed E-state index contributed by atoms with van der Waals surface area (Å²) in [6, 6.07) is 7.72. The summed E-state index contributed by atoms with van der Waals surface area (Å²) < 4.78 is 15.5. The van der Waals surface area contributed by atoms with Crippen LogP contribution in [0.5, 0.6) is 0 Å². The van der Waals surface area contributed by atoms with Crippen molar-refractivity contribution >= 4 is 16.7 Å². The van der Waals surface area contributed by atoms with Gasteiger partial charge in [-0.25, -0.2) is 4.21 Å². The zero-order valence-electron chi connectivity index (χ0n) is 17.7. The van der Waals surface area contributed by atoms with Crippen molar-refractivity contribution in [3.8, 4) is 0 Å². The van der Waals surface area contributed by atoms with Crippen LogP contribution >= 0.6 is 0 Å². The second-order valence-electron chi connectivity index (χ2n) is 9.68. The standard InChI is InChI=1S/C24H37N3OS/c28-29(21-6-2-1-3-7-21)27-14-4-5-20-15-19(8-9-24(20)27)22-16-23(22)26-17-18-10-12-25-13-11-18/h8-9,15,18,21-23,25-26H,1-7,10-14,16-17H2. The molecule has 2 aliphatic heterocycles. The summed E-state index contributed by atoms with van der Waals surface area (Å²) in [6.45, 7) is 4.51. The van der Waals surface area contributed by atoms with E-state index in [1.54, 1.807) is 0 Å². The third-order valence-electron chi connectivity index (χ3n) is 7.58. The smallest absolute Gasteiger partial charge is 0.122 e. The number of piperidine rings is 1. The Kier molecular flexibility index (Phi) is 6.26. The lowest BCUT2D eigenvalue weighted by atomic mass is 9.97. The minimum absolute atomic E-state index is 0.376. The Morgan fingerprint density at radius 3 is 2.72 bits per heavy atom. The summed E-state index contributed by atoms with van der Waals surface area (Å²) in [6.07, 6.45) is 12.3. The molecule has 0 spiro atoms. The van der Waals surface area contributed by atoms with E-state index < -0.39 is 11.0 Å². The third-order valence-corrected chi connectivity index (χ3v) is 9.44. The van der Waals surface area contributed by atoms with Gasteiger partial charge in [-0.2, -0.15) is 0 Å². The predicted molar refractivity (Wildman–Crippen MR) is 122 cm³/mol. The lowest BCUT2D eigenvalue weighted by molar-refractivity contribution is 0.355. The first-order valence-corrected chi connectivity index (χ1v) is 13.2. The van der Waals surface area contributed by atoms with Crippen LogP contribution in [0.4, 0.5) is 5.69 Å². The van der Waals surface area contributed by atoms with E-state index in [1.165, 1.54) is 75.0 Å². The van der Waals surface area contributed by atoms with Crippen LogP contribution in [-0.2, 0) is 17.4 Å². The third kappa shape index (κ3) is 4.57. The molecule has 1 aromatic rings. The molecule has 3 atom stereocenters. The Labute approximate surface area is 178 Å². The quantitative estimate of drug-likeness (QED) is 0.741. The van der Waals surface area contributed by atoms with E-state index in [-0.39, 0.29) is 0 Å². The first kappa shape index (κ1) is 20.0. The monoisotopic (exact) mass is 415 g/mol. The SMILES string of the molecule is O=S(C1CCCCC1)N1CCCc2cc(C3CC3NCC3CCNCC3)ccc21. The van der Waals surface area contributed by atoms with Crippen molar-refractivity contribution in [1.82, 2.24) is 10.6 Å². The minimum atomic E-state index is -0.853. The molecule has 2 heterocycles. The number of fused-ring (bicyclic) bond motifs is 1. The number of anilines is 1. The van der Waals surface area contributed by atoms with E-state index in [9.17, 15) is 4.21 Å². The van der Waals surface area contributed by atoms with E-state index >= 15 is 0 Å². The average molecular weight is 416 g/mol. The molecule has 5 rings (SSSR count). The summed E-state index contributed by atoms with van der Waals surface area (Å²) in [5.41, 5.74) is 4.18. The highest BCUT2D eigenvalue weighted by atomic mass is 32.2. The Hall–Kier alpha value is -0.910. The molecule has 160 valence electrons. The molecule has 1 saturated heterocycles. The van der Waals surface area contributed by atoms with Gasteiger partial charge in [0.2, 0.25) is 0 Å². The van der Waals surface area contributed by atoms with E-state index in [1.807, 2.05) is 0 Å². The molecule has 2 aliphatic carbocycles. The summed E-state index contributed by atoms with van der Waals surface area (Å²) >= 11 is 0. The molecule has 0 amide bonds. The number of nitrogens with zero attached hydrogens (tertiary/aromatic N) is 1. The topological polar surface area (TPSA) is 44.4 Å². The van der Waals surface area contributed by atoms with Crippen LogP contribution in [0.3, 0.4) is 0 Å². The van der Waals surface area contributed by atoms with Crippen LogP contribution in [0.15, 0.2) is 18.2 Å². The molecular weight excluding hydrogens is 378 g/mol. The zero-order chi connectivity index (χ0) is 19.6. The van der Waals surface area contributed by atoms with Crippen molar-refractivity contribution in [2.75, 3.05) is 30.5 Å². The largest absolute Gasteiger partial charge is 0.317 e. The van der Waals surface area contributed by atoms with Gasteiger partial charge in [0, 0.05) is 18.5 Å². The first-order valence-electron chi connectivity index (χ1n) is 12.0. The van der Waals surface area contributed by atoms with Crippen LogP contribution in [0.1, 0.15) is 74.8 Å². The maximum Gasteiger partial charge on any atom is 0.122 e. The fourth-order valence-electron chi connectivity index (χ4n) is 5.64. The van der Waals surface area contributed by atoms with Crippen LogP contribution in [0, 0.1) is 5.92 Å². The van der Waals surface area contributed by atoms with E-state index in [0.29, 0.717) is 17.2 Å². The maximum atomic E-state index is 13.3. The normalized spacial score (nSPS) is 29.4. The second kappa shape index (κ2) is 9.07. The van der Waals surface area contributed by atoms with Gasteiger partial charge in [0.05, 0.1) is 10.9 Å². The molecule has 4 nitrogen and oxygen atoms in total. The molecule has 0 radical (unpaired) electrons. The molecule has 3 unspecified atom stereocenters. The Balaban J connectivity index is 1.21. The van der Waals surface area contributed by atoms with E-state index in [2.05, 4.69) is 33.1 Å². The average Bonchev–Trinajstić information content (AvgIpc) is 3.57. The molecule has 0 aromatic heterocycles. The number of nitrogens with one attached hydrogen (secondary N) is 2. The molecule has 4 aliphatic rings. The van der Waals surface area contributed by atoms with Crippen molar-refractivity contribution in [1.29, 1.82) is 0 Å². The van der Waals surface area contributed by atoms with Crippen molar-refractivity contribution in [2.24, 2.45) is 5.92 Å². The number of rotatable bonds is 6. The Morgan fingerprint density at radius 1 is 1.07 bits per heavy atom. The fraction of sp³-hybridized carbons (Fsp3) is 0.750. The molecular formula is C24H37N3OS. The van der Waals surface area contributed by atoms with Crippen LogP contribution < -0.4 is 14.9 Å². The van der Waals surface area contributed by atoms with Crippen molar-refractivity contribution < 1.29 is 4.21 Å².